The topological polar surface area (TPSA) is 38.3 Å². The molecule has 0 aliphatic rings. The van der Waals surface area contributed by atoms with Gasteiger partial charge in [0, 0.05) is 19.1 Å². The van der Waals surface area contributed by atoms with Gasteiger partial charge >= 0.3 is 0 Å². The first-order valence-corrected chi connectivity index (χ1v) is 4.93. The van der Waals surface area contributed by atoms with E-state index in [1.54, 1.807) is 0 Å². The highest BCUT2D eigenvalue weighted by Gasteiger charge is 2.04. The van der Waals surface area contributed by atoms with Gasteiger partial charge in [-0.15, -0.1) is 0 Å². The Labute approximate surface area is 80.8 Å². The van der Waals surface area contributed by atoms with Crippen LogP contribution in [0.3, 0.4) is 0 Å². The zero-order chi connectivity index (χ0) is 10.3. The molecule has 78 valence electrons. The van der Waals surface area contributed by atoms with Crippen molar-refractivity contribution in [1.29, 1.82) is 0 Å². The molecule has 0 aliphatic heterocycles. The lowest BCUT2D eigenvalue weighted by molar-refractivity contribution is -0.124. The van der Waals surface area contributed by atoms with Gasteiger partial charge in [-0.25, -0.2) is 0 Å². The Hall–Kier alpha value is -0.570. The van der Waals surface area contributed by atoms with Crippen LogP contribution < -0.4 is 5.32 Å². The lowest BCUT2D eigenvalue weighted by Gasteiger charge is -2.09. The first kappa shape index (κ1) is 12.4. The number of nitrogens with one attached hydrogen (secondary N) is 1. The SMILES string of the molecule is CC(C)OCCCNC(=O)C(C)C. The number of hydrogen-bond donors (Lipinski definition) is 1. The Morgan fingerprint density at radius 2 is 1.92 bits per heavy atom. The average Bonchev–Trinajstić information content (AvgIpc) is 2.02. The Balaban J connectivity index is 3.21. The largest absolute Gasteiger partial charge is 0.379 e. The number of carbonyl (C=O) groups is 1. The molecule has 0 fully saturated rings. The van der Waals surface area contributed by atoms with E-state index in [9.17, 15) is 4.79 Å². The number of hydrogen-bond acceptors (Lipinski definition) is 2. The summed E-state index contributed by atoms with van der Waals surface area (Å²) in [6.45, 7) is 9.22. The van der Waals surface area contributed by atoms with Crippen molar-refractivity contribution < 1.29 is 9.53 Å². The van der Waals surface area contributed by atoms with Crippen molar-refractivity contribution in [2.45, 2.75) is 40.2 Å². The highest BCUT2D eigenvalue weighted by atomic mass is 16.5. The molecule has 0 rings (SSSR count). The van der Waals surface area contributed by atoms with E-state index in [4.69, 9.17) is 4.74 Å². The molecule has 0 aromatic rings. The Kier molecular flexibility index (Phi) is 6.59. The average molecular weight is 187 g/mol. The summed E-state index contributed by atoms with van der Waals surface area (Å²) in [5, 5.41) is 2.84. The monoisotopic (exact) mass is 187 g/mol. The molecule has 0 aromatic carbocycles. The second kappa shape index (κ2) is 6.89. The number of rotatable bonds is 6. The third-order valence-corrected chi connectivity index (χ3v) is 1.60. The third kappa shape index (κ3) is 7.78. The van der Waals surface area contributed by atoms with Gasteiger partial charge in [-0.3, -0.25) is 4.79 Å². The summed E-state index contributed by atoms with van der Waals surface area (Å²) in [5.74, 6) is 0.190. The standard InChI is InChI=1S/C10H21NO2/c1-8(2)10(12)11-6-5-7-13-9(3)4/h8-9H,5-7H2,1-4H3,(H,11,12). The molecule has 0 heterocycles. The lowest BCUT2D eigenvalue weighted by Crippen LogP contribution is -2.29. The van der Waals surface area contributed by atoms with E-state index in [1.807, 2.05) is 27.7 Å². The molecule has 3 heteroatoms. The summed E-state index contributed by atoms with van der Waals surface area (Å²) in [6.07, 6.45) is 1.16. The van der Waals surface area contributed by atoms with Crippen molar-refractivity contribution in [3.05, 3.63) is 0 Å². The van der Waals surface area contributed by atoms with Gasteiger partial charge in [0.2, 0.25) is 5.91 Å². The molecule has 0 saturated carbocycles. The van der Waals surface area contributed by atoms with Crippen LogP contribution in [0.15, 0.2) is 0 Å². The molecule has 0 atom stereocenters. The Bertz CT molecular complexity index is 144. The predicted molar refractivity (Wildman–Crippen MR) is 53.6 cm³/mol. The van der Waals surface area contributed by atoms with E-state index in [0.717, 1.165) is 13.0 Å². The molecule has 0 radical (unpaired) electrons. The van der Waals surface area contributed by atoms with Gasteiger partial charge in [0.25, 0.3) is 0 Å². The van der Waals surface area contributed by atoms with Crippen LogP contribution in [0.2, 0.25) is 0 Å². The molecular formula is C10H21NO2. The van der Waals surface area contributed by atoms with Crippen molar-refractivity contribution in [2.24, 2.45) is 5.92 Å². The minimum atomic E-state index is 0.0750. The van der Waals surface area contributed by atoms with E-state index >= 15 is 0 Å². The van der Waals surface area contributed by atoms with E-state index < -0.39 is 0 Å². The second-order valence-corrected chi connectivity index (χ2v) is 3.72. The summed E-state index contributed by atoms with van der Waals surface area (Å²) < 4.78 is 5.33. The van der Waals surface area contributed by atoms with Crippen LogP contribution in [-0.2, 0) is 9.53 Å². The first-order chi connectivity index (χ1) is 6.04. The maximum Gasteiger partial charge on any atom is 0.222 e. The smallest absolute Gasteiger partial charge is 0.222 e. The fourth-order valence-electron chi connectivity index (χ4n) is 0.807. The molecule has 0 saturated heterocycles. The van der Waals surface area contributed by atoms with Crippen LogP contribution in [0.4, 0.5) is 0 Å². The van der Waals surface area contributed by atoms with Gasteiger partial charge in [-0.1, -0.05) is 13.8 Å². The van der Waals surface area contributed by atoms with Gasteiger partial charge in [0.15, 0.2) is 0 Å². The number of ether oxygens (including phenoxy) is 1. The summed E-state index contributed by atoms with van der Waals surface area (Å²) >= 11 is 0. The summed E-state index contributed by atoms with van der Waals surface area (Å²) in [4.78, 5) is 11.1. The Morgan fingerprint density at radius 3 is 2.38 bits per heavy atom. The van der Waals surface area contributed by atoms with Crippen molar-refractivity contribution in [3.63, 3.8) is 0 Å². The first-order valence-electron chi connectivity index (χ1n) is 4.93. The fourth-order valence-corrected chi connectivity index (χ4v) is 0.807. The van der Waals surface area contributed by atoms with Crippen molar-refractivity contribution in [1.82, 2.24) is 5.32 Å². The van der Waals surface area contributed by atoms with Gasteiger partial charge in [0.1, 0.15) is 0 Å². The molecule has 0 aromatic heterocycles. The van der Waals surface area contributed by atoms with E-state index in [1.165, 1.54) is 0 Å². The summed E-state index contributed by atoms with van der Waals surface area (Å²) in [7, 11) is 0. The number of carbonyl (C=O) groups excluding carboxylic acids is 1. The van der Waals surface area contributed by atoms with E-state index in [-0.39, 0.29) is 17.9 Å². The molecule has 13 heavy (non-hydrogen) atoms. The van der Waals surface area contributed by atoms with Gasteiger partial charge < -0.3 is 10.1 Å². The van der Waals surface area contributed by atoms with Crippen molar-refractivity contribution >= 4 is 5.91 Å². The van der Waals surface area contributed by atoms with Crippen molar-refractivity contribution in [2.75, 3.05) is 13.2 Å². The lowest BCUT2D eigenvalue weighted by atomic mass is 10.2. The van der Waals surface area contributed by atoms with Crippen LogP contribution in [0, 0.1) is 5.92 Å². The maximum absolute atomic E-state index is 11.1. The highest BCUT2D eigenvalue weighted by Crippen LogP contribution is 1.92. The minimum absolute atomic E-state index is 0.0750. The van der Waals surface area contributed by atoms with Crippen LogP contribution in [-0.4, -0.2) is 25.2 Å². The molecule has 0 bridgehead atoms. The fraction of sp³-hybridized carbons (Fsp3) is 0.900. The van der Waals surface area contributed by atoms with E-state index in [0.29, 0.717) is 6.54 Å². The van der Waals surface area contributed by atoms with Crippen LogP contribution in [0.1, 0.15) is 34.1 Å². The molecule has 3 nitrogen and oxygen atoms in total. The van der Waals surface area contributed by atoms with E-state index in [2.05, 4.69) is 5.32 Å². The molecule has 0 unspecified atom stereocenters. The quantitative estimate of drug-likeness (QED) is 0.641. The van der Waals surface area contributed by atoms with Crippen LogP contribution in [0.25, 0.3) is 0 Å². The molecule has 1 amide bonds. The normalized spacial score (nSPS) is 10.9. The molecular weight excluding hydrogens is 166 g/mol. The van der Waals surface area contributed by atoms with Crippen LogP contribution in [0.5, 0.6) is 0 Å². The second-order valence-electron chi connectivity index (χ2n) is 3.72. The third-order valence-electron chi connectivity index (χ3n) is 1.60. The maximum atomic E-state index is 11.1. The van der Waals surface area contributed by atoms with Gasteiger partial charge in [0.05, 0.1) is 6.10 Å². The van der Waals surface area contributed by atoms with Gasteiger partial charge in [-0.2, -0.15) is 0 Å². The minimum Gasteiger partial charge on any atom is -0.379 e. The van der Waals surface area contributed by atoms with Crippen molar-refractivity contribution in [3.8, 4) is 0 Å². The summed E-state index contributed by atoms with van der Waals surface area (Å²) in [5.41, 5.74) is 0. The summed E-state index contributed by atoms with van der Waals surface area (Å²) in [6, 6.07) is 0. The molecule has 0 spiro atoms. The number of amides is 1. The van der Waals surface area contributed by atoms with Gasteiger partial charge in [-0.05, 0) is 20.3 Å². The predicted octanol–water partition coefficient (Wildman–Crippen LogP) is 1.57. The zero-order valence-electron chi connectivity index (χ0n) is 9.09. The van der Waals surface area contributed by atoms with Crippen LogP contribution >= 0.6 is 0 Å². The molecule has 0 aliphatic carbocycles. The highest BCUT2D eigenvalue weighted by molar-refractivity contribution is 5.77. The zero-order valence-corrected chi connectivity index (χ0v) is 9.09. The Morgan fingerprint density at radius 1 is 1.31 bits per heavy atom. The molecule has 1 N–H and O–H groups in total.